The van der Waals surface area contributed by atoms with Crippen LogP contribution in [-0.2, 0) is 19.5 Å². The van der Waals surface area contributed by atoms with Crippen molar-refractivity contribution in [2.45, 2.75) is 45.7 Å². The topological polar surface area (TPSA) is 77.6 Å². The molecule has 0 atom stereocenters. The molecule has 1 N–H and O–H groups in total. The first-order chi connectivity index (χ1) is 13.1. The van der Waals surface area contributed by atoms with E-state index in [1.54, 1.807) is 16.9 Å². The normalized spacial score (nSPS) is 13.9. The zero-order valence-electron chi connectivity index (χ0n) is 15.2. The molecule has 0 spiro atoms. The summed E-state index contributed by atoms with van der Waals surface area (Å²) >= 11 is 6.06. The van der Waals surface area contributed by atoms with Crippen LogP contribution in [0.1, 0.15) is 47.0 Å². The lowest BCUT2D eigenvalue weighted by atomic mass is 10.2. The quantitative estimate of drug-likeness (QED) is 0.749. The molecular weight excluding hydrogens is 364 g/mol. The summed E-state index contributed by atoms with van der Waals surface area (Å²) in [6.45, 7) is 3.14. The van der Waals surface area contributed by atoms with Gasteiger partial charge in [-0.1, -0.05) is 24.1 Å². The molecule has 0 unspecified atom stereocenters. The molecule has 140 valence electrons. The number of nitrogens with zero attached hydrogens (tertiary/aromatic N) is 5. The molecule has 3 aromatic rings. The molecule has 1 amide bonds. The van der Waals surface area contributed by atoms with Gasteiger partial charge in [0.1, 0.15) is 5.82 Å². The third-order valence-corrected chi connectivity index (χ3v) is 5.14. The van der Waals surface area contributed by atoms with Crippen molar-refractivity contribution in [1.82, 2.24) is 29.9 Å². The van der Waals surface area contributed by atoms with Gasteiger partial charge in [0.15, 0.2) is 5.82 Å². The predicted molar refractivity (Wildman–Crippen MR) is 102 cm³/mol. The molecule has 7 nitrogen and oxygen atoms in total. The van der Waals surface area contributed by atoms with Gasteiger partial charge in [0.2, 0.25) is 0 Å². The molecule has 2 aromatic heterocycles. The van der Waals surface area contributed by atoms with Crippen LogP contribution < -0.4 is 5.32 Å². The number of amides is 1. The van der Waals surface area contributed by atoms with Gasteiger partial charge >= 0.3 is 0 Å². The number of aromatic nitrogens is 5. The van der Waals surface area contributed by atoms with E-state index in [0.717, 1.165) is 48.8 Å². The monoisotopic (exact) mass is 384 g/mol. The molecule has 0 fully saturated rings. The number of hydrogen-bond donors (Lipinski definition) is 1. The first-order valence-electron chi connectivity index (χ1n) is 9.13. The van der Waals surface area contributed by atoms with E-state index in [4.69, 9.17) is 11.6 Å². The van der Waals surface area contributed by atoms with Gasteiger partial charge in [-0.3, -0.25) is 4.79 Å². The maximum atomic E-state index is 12.7. The van der Waals surface area contributed by atoms with Crippen LogP contribution in [0, 0.1) is 6.92 Å². The minimum Gasteiger partial charge on any atom is -0.345 e. The van der Waals surface area contributed by atoms with E-state index in [2.05, 4.69) is 25.2 Å². The summed E-state index contributed by atoms with van der Waals surface area (Å²) in [4.78, 5) is 12.7. The standard InChI is InChI=1S/C19H21ClN6O/c1-13-16(11-22-26(13)15-7-5-6-14(20)10-15)19(27)21-12-18-24-23-17-8-3-2-4-9-25(17)18/h5-7,10-11H,2-4,8-9,12H2,1H3,(H,21,27). The van der Waals surface area contributed by atoms with Crippen molar-refractivity contribution in [2.75, 3.05) is 0 Å². The number of aryl methyl sites for hydroxylation is 1. The van der Waals surface area contributed by atoms with E-state index in [0.29, 0.717) is 17.1 Å². The fraction of sp³-hybridized carbons (Fsp3) is 0.368. The zero-order valence-corrected chi connectivity index (χ0v) is 15.9. The van der Waals surface area contributed by atoms with Gasteiger partial charge in [0.05, 0.1) is 29.7 Å². The maximum absolute atomic E-state index is 12.7. The summed E-state index contributed by atoms with van der Waals surface area (Å²) in [5.41, 5.74) is 2.11. The van der Waals surface area contributed by atoms with Gasteiger partial charge in [-0.25, -0.2) is 4.68 Å². The van der Waals surface area contributed by atoms with E-state index in [1.165, 1.54) is 6.42 Å². The molecule has 0 radical (unpaired) electrons. The lowest BCUT2D eigenvalue weighted by molar-refractivity contribution is 0.0948. The van der Waals surface area contributed by atoms with Crippen molar-refractivity contribution in [1.29, 1.82) is 0 Å². The summed E-state index contributed by atoms with van der Waals surface area (Å²) in [5, 5.41) is 16.4. The second-order valence-electron chi connectivity index (χ2n) is 6.71. The number of fused-ring (bicyclic) bond motifs is 1. The molecule has 3 heterocycles. The fourth-order valence-corrected chi connectivity index (χ4v) is 3.62. The minimum atomic E-state index is -0.174. The molecule has 4 rings (SSSR count). The molecule has 0 aliphatic carbocycles. The Morgan fingerprint density at radius 3 is 3.00 bits per heavy atom. The van der Waals surface area contributed by atoms with Crippen molar-refractivity contribution >= 4 is 17.5 Å². The molecular formula is C19H21ClN6O. The maximum Gasteiger partial charge on any atom is 0.255 e. The largest absolute Gasteiger partial charge is 0.345 e. The van der Waals surface area contributed by atoms with Gasteiger partial charge in [-0.15, -0.1) is 10.2 Å². The highest BCUT2D eigenvalue weighted by atomic mass is 35.5. The number of rotatable bonds is 4. The Kier molecular flexibility index (Phi) is 4.94. The molecule has 1 aromatic carbocycles. The van der Waals surface area contributed by atoms with E-state index in [-0.39, 0.29) is 5.91 Å². The third-order valence-electron chi connectivity index (χ3n) is 4.90. The Balaban J connectivity index is 1.49. The van der Waals surface area contributed by atoms with Gasteiger partial charge in [-0.05, 0) is 38.0 Å². The van der Waals surface area contributed by atoms with Crippen molar-refractivity contribution in [3.05, 3.63) is 58.4 Å². The summed E-state index contributed by atoms with van der Waals surface area (Å²) in [7, 11) is 0. The number of benzene rings is 1. The van der Waals surface area contributed by atoms with Crippen LogP contribution in [0.25, 0.3) is 5.69 Å². The molecule has 1 aliphatic heterocycles. The smallest absolute Gasteiger partial charge is 0.255 e. The Hall–Kier alpha value is -2.67. The summed E-state index contributed by atoms with van der Waals surface area (Å²) in [6.07, 6.45) is 6.00. The van der Waals surface area contributed by atoms with Crippen LogP contribution >= 0.6 is 11.6 Å². The summed E-state index contributed by atoms with van der Waals surface area (Å²) in [6, 6.07) is 7.38. The van der Waals surface area contributed by atoms with Gasteiger partial charge in [-0.2, -0.15) is 5.10 Å². The molecule has 27 heavy (non-hydrogen) atoms. The highest BCUT2D eigenvalue weighted by Gasteiger charge is 2.18. The lowest BCUT2D eigenvalue weighted by Gasteiger charge is -2.09. The Morgan fingerprint density at radius 1 is 1.26 bits per heavy atom. The van der Waals surface area contributed by atoms with E-state index >= 15 is 0 Å². The van der Waals surface area contributed by atoms with Crippen LogP contribution in [0.3, 0.4) is 0 Å². The predicted octanol–water partition coefficient (Wildman–Crippen LogP) is 3.08. The van der Waals surface area contributed by atoms with Crippen LogP contribution in [0.5, 0.6) is 0 Å². The zero-order chi connectivity index (χ0) is 18.8. The molecule has 0 bridgehead atoms. The molecule has 8 heteroatoms. The van der Waals surface area contributed by atoms with E-state index in [9.17, 15) is 4.79 Å². The van der Waals surface area contributed by atoms with Gasteiger partial charge < -0.3 is 9.88 Å². The minimum absolute atomic E-state index is 0.174. The highest BCUT2D eigenvalue weighted by molar-refractivity contribution is 6.30. The summed E-state index contributed by atoms with van der Waals surface area (Å²) in [5.74, 6) is 1.65. The van der Waals surface area contributed by atoms with Crippen molar-refractivity contribution in [2.24, 2.45) is 0 Å². The SMILES string of the molecule is Cc1c(C(=O)NCc2nnc3n2CCCCC3)cnn1-c1cccc(Cl)c1. The summed E-state index contributed by atoms with van der Waals surface area (Å²) < 4.78 is 3.85. The van der Waals surface area contributed by atoms with Crippen LogP contribution in [0.15, 0.2) is 30.5 Å². The van der Waals surface area contributed by atoms with Crippen LogP contribution in [0.4, 0.5) is 0 Å². The van der Waals surface area contributed by atoms with Crippen molar-refractivity contribution in [3.63, 3.8) is 0 Å². The van der Waals surface area contributed by atoms with Crippen molar-refractivity contribution < 1.29 is 4.79 Å². The average molecular weight is 385 g/mol. The molecule has 0 saturated carbocycles. The average Bonchev–Trinajstić information content (AvgIpc) is 3.15. The Labute approximate surface area is 162 Å². The van der Waals surface area contributed by atoms with Crippen LogP contribution in [0.2, 0.25) is 5.02 Å². The second-order valence-corrected chi connectivity index (χ2v) is 7.15. The van der Waals surface area contributed by atoms with E-state index in [1.807, 2.05) is 25.1 Å². The Morgan fingerprint density at radius 2 is 2.15 bits per heavy atom. The number of carbonyl (C=O) groups excluding carboxylic acids is 1. The van der Waals surface area contributed by atoms with E-state index < -0.39 is 0 Å². The molecule has 0 saturated heterocycles. The van der Waals surface area contributed by atoms with Gasteiger partial charge in [0.25, 0.3) is 5.91 Å². The highest BCUT2D eigenvalue weighted by Crippen LogP contribution is 2.18. The first-order valence-corrected chi connectivity index (χ1v) is 9.51. The third kappa shape index (κ3) is 3.60. The van der Waals surface area contributed by atoms with Gasteiger partial charge in [0, 0.05) is 18.0 Å². The number of hydrogen-bond acceptors (Lipinski definition) is 4. The lowest BCUT2D eigenvalue weighted by Crippen LogP contribution is -2.25. The van der Waals surface area contributed by atoms with Crippen LogP contribution in [-0.4, -0.2) is 30.5 Å². The number of nitrogens with one attached hydrogen (secondary N) is 1. The number of carbonyl (C=O) groups is 1. The van der Waals surface area contributed by atoms with Crippen molar-refractivity contribution in [3.8, 4) is 5.69 Å². The number of halogens is 1. The fourth-order valence-electron chi connectivity index (χ4n) is 3.43. The second kappa shape index (κ2) is 7.52. The Bertz CT molecular complexity index is 976. The molecule has 1 aliphatic rings. The first kappa shape index (κ1) is 17.7.